The number of carboxylic acids is 2. The average molecular weight is 356 g/mol. The van der Waals surface area contributed by atoms with Crippen molar-refractivity contribution in [2.75, 3.05) is 0 Å². The molecule has 0 amide bonds. The minimum absolute atomic E-state index is 0.231. The first-order valence-electron chi connectivity index (χ1n) is 9.01. The van der Waals surface area contributed by atoms with Crippen molar-refractivity contribution in [1.29, 1.82) is 0 Å². The van der Waals surface area contributed by atoms with Crippen LogP contribution in [0.15, 0.2) is 0 Å². The van der Waals surface area contributed by atoms with Gasteiger partial charge in [0.2, 0.25) is 0 Å². The third kappa shape index (κ3) is 1.95. The van der Waals surface area contributed by atoms with E-state index in [0.717, 1.165) is 47.2 Å². The Morgan fingerprint density at radius 3 is 1.58 bits per heavy atom. The number of aromatic nitrogens is 4. The molecule has 0 aromatic carbocycles. The van der Waals surface area contributed by atoms with E-state index in [1.54, 1.807) is 0 Å². The van der Waals surface area contributed by atoms with Gasteiger partial charge in [-0.05, 0) is 36.5 Å². The zero-order valence-electron chi connectivity index (χ0n) is 14.5. The maximum absolute atomic E-state index is 10.7. The number of rotatable bonds is 2. The van der Waals surface area contributed by atoms with Gasteiger partial charge >= 0.3 is 11.9 Å². The lowest BCUT2D eigenvalue weighted by Gasteiger charge is -1.96. The minimum Gasteiger partial charge on any atom is -0.476 e. The standard InChI is InChI=1S/2C9H10N2O2/c2*1-3-4-2-5-7(6(3)4)10-11-8(5)9(12)13/h2*3-4,6H,2H2,1H3,(H,10,11)(H,12,13)/t3-,4+,6-;3-,4-,6+/m01/s1. The molecule has 0 spiro atoms. The Kier molecular flexibility index (Phi) is 2.98. The summed E-state index contributed by atoms with van der Waals surface area (Å²) in [7, 11) is 0. The smallest absolute Gasteiger partial charge is 0.356 e. The van der Waals surface area contributed by atoms with E-state index in [9.17, 15) is 9.59 Å². The quantitative estimate of drug-likeness (QED) is 0.651. The number of hydrogen-bond donors (Lipinski definition) is 4. The molecule has 2 heterocycles. The zero-order chi connectivity index (χ0) is 18.3. The maximum atomic E-state index is 10.7. The molecule has 8 nitrogen and oxygen atoms in total. The number of nitrogens with one attached hydrogen (secondary N) is 2. The number of carbonyl (C=O) groups is 2. The Bertz CT molecular complexity index is 869. The lowest BCUT2D eigenvalue weighted by molar-refractivity contribution is 0.0678. The number of carboxylic acid groups (broad SMARTS) is 2. The van der Waals surface area contributed by atoms with Crippen LogP contribution < -0.4 is 0 Å². The van der Waals surface area contributed by atoms with Gasteiger partial charge in [0.05, 0.1) is 0 Å². The zero-order valence-corrected chi connectivity index (χ0v) is 14.5. The Morgan fingerprint density at radius 1 is 0.846 bits per heavy atom. The fourth-order valence-electron chi connectivity index (χ4n) is 5.22. The predicted octanol–water partition coefficient (Wildman–Crippen LogP) is 2.03. The van der Waals surface area contributed by atoms with E-state index in [1.165, 1.54) is 0 Å². The van der Waals surface area contributed by atoms with Gasteiger partial charge in [-0.2, -0.15) is 10.2 Å². The Balaban J connectivity index is 0.000000115. The van der Waals surface area contributed by atoms with Gasteiger partial charge in [0.1, 0.15) is 0 Å². The summed E-state index contributed by atoms with van der Waals surface area (Å²) in [4.78, 5) is 21.5. The molecule has 2 fully saturated rings. The molecule has 0 bridgehead atoms. The van der Waals surface area contributed by atoms with Crippen LogP contribution in [-0.4, -0.2) is 42.5 Å². The summed E-state index contributed by atoms with van der Waals surface area (Å²) in [6.07, 6.45) is 1.80. The van der Waals surface area contributed by atoms with Crippen LogP contribution in [0.1, 0.15) is 69.2 Å². The lowest BCUT2D eigenvalue weighted by Crippen LogP contribution is -2.02. The highest BCUT2D eigenvalue weighted by atomic mass is 16.4. The molecule has 0 radical (unpaired) electrons. The lowest BCUT2D eigenvalue weighted by atomic mass is 10.1. The Labute approximate surface area is 149 Å². The van der Waals surface area contributed by atoms with Crippen LogP contribution in [0.4, 0.5) is 0 Å². The number of aromatic amines is 2. The Hall–Kier alpha value is -2.64. The highest BCUT2D eigenvalue weighted by Gasteiger charge is 2.56. The van der Waals surface area contributed by atoms with Crippen molar-refractivity contribution >= 4 is 11.9 Å². The van der Waals surface area contributed by atoms with Gasteiger partial charge in [-0.25, -0.2) is 9.59 Å². The van der Waals surface area contributed by atoms with Gasteiger partial charge in [-0.15, -0.1) is 0 Å². The van der Waals surface area contributed by atoms with Crippen molar-refractivity contribution in [3.8, 4) is 0 Å². The summed E-state index contributed by atoms with van der Waals surface area (Å²) in [5.41, 5.74) is 4.51. The monoisotopic (exact) mass is 356 g/mol. The summed E-state index contributed by atoms with van der Waals surface area (Å²) in [5.74, 6) is 2.11. The van der Waals surface area contributed by atoms with E-state index in [1.807, 2.05) is 0 Å². The van der Waals surface area contributed by atoms with Crippen molar-refractivity contribution in [3.63, 3.8) is 0 Å². The summed E-state index contributed by atoms with van der Waals surface area (Å²) in [5, 5.41) is 31.0. The largest absolute Gasteiger partial charge is 0.476 e. The van der Waals surface area contributed by atoms with Gasteiger partial charge in [0.15, 0.2) is 11.4 Å². The van der Waals surface area contributed by atoms with Crippen molar-refractivity contribution in [2.24, 2.45) is 23.7 Å². The first-order chi connectivity index (χ1) is 12.4. The molecule has 136 valence electrons. The molecule has 2 saturated carbocycles. The van der Waals surface area contributed by atoms with Crippen LogP contribution in [0.25, 0.3) is 0 Å². The van der Waals surface area contributed by atoms with E-state index in [-0.39, 0.29) is 11.4 Å². The molecule has 6 rings (SSSR count). The predicted molar refractivity (Wildman–Crippen MR) is 89.3 cm³/mol. The fourth-order valence-corrected chi connectivity index (χ4v) is 5.22. The van der Waals surface area contributed by atoms with Gasteiger partial charge in [-0.1, -0.05) is 13.8 Å². The van der Waals surface area contributed by atoms with Crippen molar-refractivity contribution < 1.29 is 19.8 Å². The topological polar surface area (TPSA) is 132 Å². The molecular formula is C18H20N4O4. The number of fused-ring (bicyclic) bond motifs is 6. The summed E-state index contributed by atoms with van der Waals surface area (Å²) in [6.45, 7) is 4.42. The van der Waals surface area contributed by atoms with Crippen molar-refractivity contribution in [1.82, 2.24) is 20.4 Å². The molecule has 4 N–H and O–H groups in total. The van der Waals surface area contributed by atoms with E-state index < -0.39 is 11.9 Å². The second-order valence-corrected chi connectivity index (χ2v) is 8.04. The van der Waals surface area contributed by atoms with Crippen LogP contribution >= 0.6 is 0 Å². The molecule has 26 heavy (non-hydrogen) atoms. The molecule has 0 unspecified atom stereocenters. The van der Waals surface area contributed by atoms with Crippen LogP contribution in [0.5, 0.6) is 0 Å². The highest BCUT2D eigenvalue weighted by Crippen LogP contribution is 2.61. The van der Waals surface area contributed by atoms with Gasteiger partial charge in [0.25, 0.3) is 0 Å². The van der Waals surface area contributed by atoms with E-state index in [0.29, 0.717) is 23.7 Å². The second kappa shape index (κ2) is 4.96. The fraction of sp³-hybridized carbons (Fsp3) is 0.556. The van der Waals surface area contributed by atoms with Crippen molar-refractivity contribution in [2.45, 2.75) is 38.5 Å². The average Bonchev–Trinajstić information content (AvgIpc) is 3.14. The second-order valence-electron chi connectivity index (χ2n) is 8.04. The van der Waals surface area contributed by atoms with Gasteiger partial charge in [0, 0.05) is 34.4 Å². The Morgan fingerprint density at radius 2 is 1.23 bits per heavy atom. The molecule has 4 aliphatic rings. The van der Waals surface area contributed by atoms with Crippen molar-refractivity contribution in [3.05, 3.63) is 33.9 Å². The minimum atomic E-state index is -0.911. The molecule has 4 aliphatic carbocycles. The molecule has 6 atom stereocenters. The van der Waals surface area contributed by atoms with Crippen LogP contribution in [-0.2, 0) is 12.8 Å². The van der Waals surface area contributed by atoms with Crippen LogP contribution in [0, 0.1) is 23.7 Å². The van der Waals surface area contributed by atoms with Crippen LogP contribution in [0.3, 0.4) is 0 Å². The van der Waals surface area contributed by atoms with E-state index in [2.05, 4.69) is 34.2 Å². The summed E-state index contributed by atoms with van der Waals surface area (Å²) < 4.78 is 0. The van der Waals surface area contributed by atoms with Crippen LogP contribution in [0.2, 0.25) is 0 Å². The highest BCUT2D eigenvalue weighted by molar-refractivity contribution is 5.88. The first kappa shape index (κ1) is 15.6. The SMILES string of the molecule is C[C@@H]1[C@H]2Cc3c(C(=O)O)n[nH]c3[C@@H]12.C[C@H]1[C@H]2Cc3c(C(=O)O)n[nH]c3[C@@H]12. The number of aromatic carboxylic acids is 2. The third-order valence-electron chi connectivity index (χ3n) is 6.87. The molecule has 2 aromatic heterocycles. The first-order valence-corrected chi connectivity index (χ1v) is 9.01. The van der Waals surface area contributed by atoms with E-state index in [4.69, 9.17) is 10.2 Å². The molecule has 2 aromatic rings. The number of H-pyrrole nitrogens is 2. The molecular weight excluding hydrogens is 336 g/mol. The van der Waals surface area contributed by atoms with Gasteiger partial charge < -0.3 is 10.2 Å². The molecule has 0 aliphatic heterocycles. The summed E-state index contributed by atoms with van der Waals surface area (Å²) >= 11 is 0. The summed E-state index contributed by atoms with van der Waals surface area (Å²) in [6, 6.07) is 0. The normalized spacial score (nSPS) is 34.1. The van der Waals surface area contributed by atoms with E-state index >= 15 is 0 Å². The third-order valence-corrected chi connectivity index (χ3v) is 6.87. The number of nitrogens with zero attached hydrogens (tertiary/aromatic N) is 2. The molecule has 8 heteroatoms. The van der Waals surface area contributed by atoms with Gasteiger partial charge in [-0.3, -0.25) is 10.2 Å². The maximum Gasteiger partial charge on any atom is 0.356 e. The molecule has 0 saturated heterocycles. The number of hydrogen-bond acceptors (Lipinski definition) is 4.